The highest BCUT2D eigenvalue weighted by Gasteiger charge is 2.18. The lowest BCUT2D eigenvalue weighted by molar-refractivity contribution is 0.388. The highest BCUT2D eigenvalue weighted by Crippen LogP contribution is 2.34. The van der Waals surface area contributed by atoms with E-state index in [0.717, 1.165) is 22.6 Å². The maximum atomic E-state index is 6.28. The molecule has 5 heteroatoms. The lowest BCUT2D eigenvalue weighted by atomic mass is 9.91. The molecule has 0 aliphatic rings. The van der Waals surface area contributed by atoms with Crippen LogP contribution in [-0.2, 0) is 6.42 Å². The Balaban J connectivity index is 2.34. The van der Waals surface area contributed by atoms with Crippen LogP contribution in [0.4, 0.5) is 0 Å². The van der Waals surface area contributed by atoms with Crippen LogP contribution in [0.5, 0.6) is 11.5 Å². The highest BCUT2D eigenvalue weighted by molar-refractivity contribution is 6.42. The molecule has 0 aliphatic carbocycles. The minimum absolute atomic E-state index is 0.0804. The van der Waals surface area contributed by atoms with E-state index in [1.165, 1.54) is 0 Å². The van der Waals surface area contributed by atoms with Gasteiger partial charge in [0.2, 0.25) is 0 Å². The second-order valence-corrected chi connectivity index (χ2v) is 5.74. The average molecular weight is 340 g/mol. The summed E-state index contributed by atoms with van der Waals surface area (Å²) < 4.78 is 10.7. The van der Waals surface area contributed by atoms with Crippen LogP contribution in [0, 0.1) is 0 Å². The van der Waals surface area contributed by atoms with Crippen molar-refractivity contribution in [1.82, 2.24) is 0 Å². The third kappa shape index (κ3) is 3.67. The second-order valence-electron chi connectivity index (χ2n) is 4.96. The van der Waals surface area contributed by atoms with E-state index in [1.807, 2.05) is 30.3 Å². The Hall–Kier alpha value is -1.42. The van der Waals surface area contributed by atoms with Crippen molar-refractivity contribution in [3.63, 3.8) is 0 Å². The van der Waals surface area contributed by atoms with Gasteiger partial charge in [0.15, 0.2) is 0 Å². The molecule has 3 nitrogen and oxygen atoms in total. The van der Waals surface area contributed by atoms with Gasteiger partial charge in [-0.2, -0.15) is 0 Å². The van der Waals surface area contributed by atoms with Crippen molar-refractivity contribution < 1.29 is 9.47 Å². The van der Waals surface area contributed by atoms with Gasteiger partial charge < -0.3 is 15.2 Å². The summed E-state index contributed by atoms with van der Waals surface area (Å²) in [4.78, 5) is 0. The predicted molar refractivity (Wildman–Crippen MR) is 91.5 cm³/mol. The third-order valence-electron chi connectivity index (χ3n) is 3.66. The zero-order valence-corrected chi connectivity index (χ0v) is 14.1. The Labute approximate surface area is 140 Å². The molecule has 0 aliphatic heterocycles. The summed E-state index contributed by atoms with van der Waals surface area (Å²) in [5, 5.41) is 1.13. The first-order valence-electron chi connectivity index (χ1n) is 6.95. The van der Waals surface area contributed by atoms with E-state index in [1.54, 1.807) is 20.3 Å². The number of hydrogen-bond donors (Lipinski definition) is 1. The summed E-state index contributed by atoms with van der Waals surface area (Å²) in [5.74, 6) is 1.59. The standard InChI is InChI=1S/C17H19Cl2NO2/c1-21-13-6-7-14(16(9-13)22-2)12(10-20)8-11-4-3-5-15(18)17(11)19/h3-7,9,12H,8,10,20H2,1-2H3. The molecule has 0 saturated carbocycles. The normalized spacial score (nSPS) is 12.0. The first-order chi connectivity index (χ1) is 10.6. The van der Waals surface area contributed by atoms with Crippen LogP contribution < -0.4 is 15.2 Å². The lowest BCUT2D eigenvalue weighted by Gasteiger charge is -2.20. The van der Waals surface area contributed by atoms with Crippen LogP contribution in [0.15, 0.2) is 36.4 Å². The van der Waals surface area contributed by atoms with Crippen molar-refractivity contribution >= 4 is 23.2 Å². The summed E-state index contributed by atoms with van der Waals surface area (Å²) in [6, 6.07) is 11.4. The van der Waals surface area contributed by atoms with Crippen LogP contribution in [0.3, 0.4) is 0 Å². The van der Waals surface area contributed by atoms with Gasteiger partial charge in [-0.05, 0) is 36.2 Å². The number of nitrogens with two attached hydrogens (primary N) is 1. The topological polar surface area (TPSA) is 44.5 Å². The fraction of sp³-hybridized carbons (Fsp3) is 0.294. The fourth-order valence-corrected chi connectivity index (χ4v) is 2.84. The van der Waals surface area contributed by atoms with E-state index in [0.29, 0.717) is 23.0 Å². The van der Waals surface area contributed by atoms with E-state index < -0.39 is 0 Å². The zero-order valence-electron chi connectivity index (χ0n) is 12.6. The van der Waals surface area contributed by atoms with Crippen molar-refractivity contribution in [2.45, 2.75) is 12.3 Å². The van der Waals surface area contributed by atoms with Crippen LogP contribution >= 0.6 is 23.2 Å². The van der Waals surface area contributed by atoms with Gasteiger partial charge in [0.1, 0.15) is 11.5 Å². The Bertz CT molecular complexity index is 647. The summed E-state index contributed by atoms with van der Waals surface area (Å²) in [6.45, 7) is 0.478. The molecule has 2 N–H and O–H groups in total. The summed E-state index contributed by atoms with van der Waals surface area (Å²) in [7, 11) is 3.26. The van der Waals surface area contributed by atoms with Crippen LogP contribution in [0.1, 0.15) is 17.0 Å². The van der Waals surface area contributed by atoms with Crippen molar-refractivity contribution in [3.8, 4) is 11.5 Å². The zero-order chi connectivity index (χ0) is 16.1. The van der Waals surface area contributed by atoms with E-state index >= 15 is 0 Å². The van der Waals surface area contributed by atoms with Gasteiger partial charge in [-0.1, -0.05) is 41.4 Å². The summed E-state index contributed by atoms with van der Waals surface area (Å²) in [5.41, 5.74) is 7.98. The van der Waals surface area contributed by atoms with Crippen LogP contribution in [-0.4, -0.2) is 20.8 Å². The Morgan fingerprint density at radius 1 is 1.09 bits per heavy atom. The smallest absolute Gasteiger partial charge is 0.126 e. The van der Waals surface area contributed by atoms with Gasteiger partial charge >= 0.3 is 0 Å². The first kappa shape index (κ1) is 16.9. The monoisotopic (exact) mass is 339 g/mol. The molecule has 0 bridgehead atoms. The molecule has 0 fully saturated rings. The number of halogens is 2. The molecule has 0 aromatic heterocycles. The molecule has 22 heavy (non-hydrogen) atoms. The molecule has 0 saturated heterocycles. The van der Waals surface area contributed by atoms with Gasteiger partial charge in [-0.25, -0.2) is 0 Å². The third-order valence-corrected chi connectivity index (χ3v) is 4.52. The Morgan fingerprint density at radius 2 is 1.86 bits per heavy atom. The second kappa shape index (κ2) is 7.73. The minimum atomic E-state index is 0.0804. The van der Waals surface area contributed by atoms with E-state index in [9.17, 15) is 0 Å². The van der Waals surface area contributed by atoms with E-state index in [4.69, 9.17) is 38.4 Å². The quantitative estimate of drug-likeness (QED) is 0.853. The highest BCUT2D eigenvalue weighted by atomic mass is 35.5. The fourth-order valence-electron chi connectivity index (χ4n) is 2.45. The molecule has 0 spiro atoms. The molecule has 2 rings (SSSR count). The van der Waals surface area contributed by atoms with Crippen LogP contribution in [0.25, 0.3) is 0 Å². The molecule has 118 valence electrons. The van der Waals surface area contributed by atoms with Gasteiger partial charge in [0.25, 0.3) is 0 Å². The SMILES string of the molecule is COc1ccc(C(CN)Cc2cccc(Cl)c2Cl)c(OC)c1. The van der Waals surface area contributed by atoms with Crippen molar-refractivity contribution in [3.05, 3.63) is 57.6 Å². The number of benzene rings is 2. The van der Waals surface area contributed by atoms with Gasteiger partial charge in [-0.15, -0.1) is 0 Å². The molecule has 2 aromatic rings. The van der Waals surface area contributed by atoms with E-state index in [-0.39, 0.29) is 5.92 Å². The van der Waals surface area contributed by atoms with Crippen LogP contribution in [0.2, 0.25) is 10.0 Å². The summed E-state index contributed by atoms with van der Waals surface area (Å²) >= 11 is 12.4. The molecule has 0 radical (unpaired) electrons. The van der Waals surface area contributed by atoms with Crippen molar-refractivity contribution in [2.75, 3.05) is 20.8 Å². The molecule has 1 unspecified atom stereocenters. The number of hydrogen-bond acceptors (Lipinski definition) is 3. The molecule has 0 amide bonds. The maximum absolute atomic E-state index is 6.28. The molecule has 2 aromatic carbocycles. The van der Waals surface area contributed by atoms with Gasteiger partial charge in [-0.3, -0.25) is 0 Å². The van der Waals surface area contributed by atoms with E-state index in [2.05, 4.69) is 0 Å². The average Bonchev–Trinajstić information content (AvgIpc) is 2.55. The predicted octanol–water partition coefficient (Wildman–Crippen LogP) is 4.30. The largest absolute Gasteiger partial charge is 0.497 e. The molecule has 1 atom stereocenters. The van der Waals surface area contributed by atoms with Gasteiger partial charge in [0, 0.05) is 12.0 Å². The molecular formula is C17H19Cl2NO2. The number of ether oxygens (including phenoxy) is 2. The summed E-state index contributed by atoms with van der Waals surface area (Å²) in [6.07, 6.45) is 0.693. The molecular weight excluding hydrogens is 321 g/mol. The number of rotatable bonds is 6. The Kier molecular flexibility index (Phi) is 5.95. The first-order valence-corrected chi connectivity index (χ1v) is 7.71. The van der Waals surface area contributed by atoms with Crippen molar-refractivity contribution in [2.24, 2.45) is 5.73 Å². The lowest BCUT2D eigenvalue weighted by Crippen LogP contribution is -2.16. The Morgan fingerprint density at radius 3 is 2.50 bits per heavy atom. The van der Waals surface area contributed by atoms with Crippen molar-refractivity contribution in [1.29, 1.82) is 0 Å². The molecule has 0 heterocycles. The van der Waals surface area contributed by atoms with Gasteiger partial charge in [0.05, 0.1) is 24.3 Å². The minimum Gasteiger partial charge on any atom is -0.497 e. The maximum Gasteiger partial charge on any atom is 0.126 e. The number of methoxy groups -OCH3 is 2.